The van der Waals surface area contributed by atoms with Crippen LogP contribution in [0.3, 0.4) is 0 Å². The highest BCUT2D eigenvalue weighted by atomic mass is 16.3. The first-order valence-corrected chi connectivity index (χ1v) is 10.4. The zero-order chi connectivity index (χ0) is 22.2. The van der Waals surface area contributed by atoms with E-state index in [9.17, 15) is 10.4 Å². The largest absolute Gasteiger partial charge is 0.395 e. The highest BCUT2D eigenvalue weighted by Crippen LogP contribution is 2.41. The average Bonchev–Trinajstić information content (AvgIpc) is 3.26. The number of aryl methyl sites for hydroxylation is 1. The lowest BCUT2D eigenvalue weighted by atomic mass is 9.83. The minimum absolute atomic E-state index is 0.00244. The van der Waals surface area contributed by atoms with Gasteiger partial charge in [0.05, 0.1) is 34.9 Å². The minimum Gasteiger partial charge on any atom is -0.395 e. The molecule has 8 heteroatoms. The zero-order valence-corrected chi connectivity index (χ0v) is 18.3. The van der Waals surface area contributed by atoms with Crippen LogP contribution in [0.25, 0.3) is 11.3 Å². The smallest absolute Gasteiger partial charge is 0.227 e. The van der Waals surface area contributed by atoms with Gasteiger partial charge in [0.1, 0.15) is 6.07 Å². The number of benzene rings is 1. The first-order chi connectivity index (χ1) is 14.8. The van der Waals surface area contributed by atoms with E-state index in [2.05, 4.69) is 40.6 Å². The average molecular weight is 418 g/mol. The van der Waals surface area contributed by atoms with Gasteiger partial charge in [0.2, 0.25) is 5.95 Å². The van der Waals surface area contributed by atoms with Gasteiger partial charge in [0, 0.05) is 37.0 Å². The van der Waals surface area contributed by atoms with Gasteiger partial charge in [-0.2, -0.15) is 10.4 Å². The number of nitriles is 1. The topological polar surface area (TPSA) is 112 Å². The number of hydrogen-bond acceptors (Lipinski definition) is 7. The predicted octanol–water partition coefficient (Wildman–Crippen LogP) is 3.37. The van der Waals surface area contributed by atoms with Gasteiger partial charge in [-0.05, 0) is 36.1 Å². The van der Waals surface area contributed by atoms with E-state index in [1.807, 2.05) is 38.4 Å². The Morgan fingerprint density at radius 2 is 2.19 bits per heavy atom. The first-order valence-electron chi connectivity index (χ1n) is 10.4. The van der Waals surface area contributed by atoms with E-state index in [0.29, 0.717) is 29.7 Å². The maximum Gasteiger partial charge on any atom is 0.227 e. The molecule has 1 aliphatic rings. The fourth-order valence-electron chi connectivity index (χ4n) is 3.94. The number of rotatable bonds is 6. The molecule has 0 saturated heterocycles. The molecule has 1 atom stereocenters. The van der Waals surface area contributed by atoms with Crippen LogP contribution >= 0.6 is 0 Å². The van der Waals surface area contributed by atoms with Crippen LogP contribution < -0.4 is 10.6 Å². The van der Waals surface area contributed by atoms with Crippen LogP contribution in [0.1, 0.15) is 37.6 Å². The number of hydrogen-bond donors (Lipinski definition) is 3. The van der Waals surface area contributed by atoms with Crippen LogP contribution in [0.4, 0.5) is 17.3 Å². The summed E-state index contributed by atoms with van der Waals surface area (Å²) < 4.78 is 1.78. The summed E-state index contributed by atoms with van der Waals surface area (Å²) in [6.45, 7) is 6.89. The molecule has 0 amide bonds. The molecule has 2 aromatic heterocycles. The van der Waals surface area contributed by atoms with Crippen LogP contribution in [0.15, 0.2) is 30.6 Å². The van der Waals surface area contributed by atoms with E-state index in [1.54, 1.807) is 10.9 Å². The van der Waals surface area contributed by atoms with Crippen molar-refractivity contribution in [1.82, 2.24) is 19.7 Å². The second kappa shape index (κ2) is 8.00. The standard InChI is InChI=1S/C23H27N7O/c1-14(2)7-19-20(11-30(4)29-19)28-22-25-6-5-18(27-22)15-8-16(10-24)21-17(9-15)23(3,13-31)12-26-21/h5-6,8-9,11,14,26,31H,7,12-13H2,1-4H3,(H,25,27,28)/t23-/m1/s1. The van der Waals surface area contributed by atoms with Crippen LogP contribution in [-0.2, 0) is 18.9 Å². The monoisotopic (exact) mass is 417 g/mol. The van der Waals surface area contributed by atoms with E-state index >= 15 is 0 Å². The lowest BCUT2D eigenvalue weighted by Gasteiger charge is -2.21. The second-order valence-corrected chi connectivity index (χ2v) is 8.78. The van der Waals surface area contributed by atoms with Gasteiger partial charge in [0.15, 0.2) is 0 Å². The molecule has 0 aliphatic carbocycles. The number of aliphatic hydroxyl groups is 1. The number of nitrogens with zero attached hydrogens (tertiary/aromatic N) is 5. The van der Waals surface area contributed by atoms with Crippen molar-refractivity contribution in [1.29, 1.82) is 5.26 Å². The molecule has 3 heterocycles. The fraction of sp³-hybridized carbons (Fsp3) is 0.391. The Kier molecular flexibility index (Phi) is 5.38. The Morgan fingerprint density at radius 3 is 2.90 bits per heavy atom. The molecule has 1 aliphatic heterocycles. The highest BCUT2D eigenvalue weighted by Gasteiger charge is 2.36. The lowest BCUT2D eigenvalue weighted by Crippen LogP contribution is -2.28. The van der Waals surface area contributed by atoms with Crippen molar-refractivity contribution < 1.29 is 5.11 Å². The van der Waals surface area contributed by atoms with Crippen molar-refractivity contribution >= 4 is 17.3 Å². The SMILES string of the molecule is CC(C)Cc1nn(C)cc1Nc1nccc(-c2cc(C#N)c3c(c2)[C@@](C)(CO)CN3)n1. The van der Waals surface area contributed by atoms with Gasteiger partial charge in [-0.15, -0.1) is 0 Å². The van der Waals surface area contributed by atoms with Gasteiger partial charge >= 0.3 is 0 Å². The molecule has 160 valence electrons. The zero-order valence-electron chi connectivity index (χ0n) is 18.3. The number of fused-ring (bicyclic) bond motifs is 1. The van der Waals surface area contributed by atoms with Crippen LogP contribution in [0.5, 0.6) is 0 Å². The summed E-state index contributed by atoms with van der Waals surface area (Å²) in [7, 11) is 1.90. The van der Waals surface area contributed by atoms with E-state index in [-0.39, 0.29) is 6.61 Å². The van der Waals surface area contributed by atoms with Gasteiger partial charge in [-0.25, -0.2) is 9.97 Å². The minimum atomic E-state index is -0.438. The fourth-order valence-corrected chi connectivity index (χ4v) is 3.94. The highest BCUT2D eigenvalue weighted by molar-refractivity contribution is 5.76. The summed E-state index contributed by atoms with van der Waals surface area (Å²) in [4.78, 5) is 9.06. The van der Waals surface area contributed by atoms with Crippen LogP contribution in [-0.4, -0.2) is 38.0 Å². The summed E-state index contributed by atoms with van der Waals surface area (Å²) in [5.41, 5.74) is 5.22. The van der Waals surface area contributed by atoms with Gasteiger partial charge in [0.25, 0.3) is 0 Å². The van der Waals surface area contributed by atoms with Gasteiger partial charge < -0.3 is 15.7 Å². The third-order valence-corrected chi connectivity index (χ3v) is 5.62. The van der Waals surface area contributed by atoms with Crippen molar-refractivity contribution in [3.05, 3.63) is 47.4 Å². The van der Waals surface area contributed by atoms with Crippen molar-refractivity contribution in [2.75, 3.05) is 23.8 Å². The molecule has 0 fully saturated rings. The molecule has 0 unspecified atom stereocenters. The number of aromatic nitrogens is 4. The number of nitrogens with one attached hydrogen (secondary N) is 2. The maximum absolute atomic E-state index is 9.93. The number of aliphatic hydroxyl groups excluding tert-OH is 1. The summed E-state index contributed by atoms with van der Waals surface area (Å²) in [5, 5.41) is 30.7. The lowest BCUT2D eigenvalue weighted by molar-refractivity contribution is 0.219. The van der Waals surface area contributed by atoms with Crippen molar-refractivity contribution in [3.63, 3.8) is 0 Å². The second-order valence-electron chi connectivity index (χ2n) is 8.78. The molecule has 8 nitrogen and oxygen atoms in total. The predicted molar refractivity (Wildman–Crippen MR) is 120 cm³/mol. The molecule has 0 radical (unpaired) electrons. The molecule has 3 N–H and O–H groups in total. The molecule has 0 spiro atoms. The van der Waals surface area contributed by atoms with Gasteiger partial charge in [-0.1, -0.05) is 20.8 Å². The molecule has 31 heavy (non-hydrogen) atoms. The summed E-state index contributed by atoms with van der Waals surface area (Å²) in [6, 6.07) is 7.93. The van der Waals surface area contributed by atoms with Crippen LogP contribution in [0, 0.1) is 17.2 Å². The molecule has 0 saturated carbocycles. The Morgan fingerprint density at radius 1 is 1.39 bits per heavy atom. The van der Waals surface area contributed by atoms with E-state index in [4.69, 9.17) is 4.98 Å². The quantitative estimate of drug-likeness (QED) is 0.564. The van der Waals surface area contributed by atoms with Crippen LogP contribution in [0.2, 0.25) is 0 Å². The van der Waals surface area contributed by atoms with E-state index < -0.39 is 5.41 Å². The Bertz CT molecular complexity index is 1160. The van der Waals surface area contributed by atoms with E-state index in [0.717, 1.165) is 34.6 Å². The first kappa shape index (κ1) is 20.8. The van der Waals surface area contributed by atoms with Gasteiger partial charge in [-0.3, -0.25) is 4.68 Å². The normalized spacial score (nSPS) is 17.3. The number of anilines is 3. The van der Waals surface area contributed by atoms with Crippen molar-refractivity contribution in [2.24, 2.45) is 13.0 Å². The Labute approximate surface area is 182 Å². The third-order valence-electron chi connectivity index (χ3n) is 5.62. The summed E-state index contributed by atoms with van der Waals surface area (Å²) >= 11 is 0. The van der Waals surface area contributed by atoms with E-state index in [1.165, 1.54) is 0 Å². The Hall–Kier alpha value is -3.44. The molecule has 1 aromatic carbocycles. The summed E-state index contributed by atoms with van der Waals surface area (Å²) in [6.07, 6.45) is 4.48. The third kappa shape index (κ3) is 3.97. The molecule has 0 bridgehead atoms. The molecule has 3 aromatic rings. The summed E-state index contributed by atoms with van der Waals surface area (Å²) in [5.74, 6) is 0.950. The van der Waals surface area contributed by atoms with Crippen molar-refractivity contribution in [2.45, 2.75) is 32.6 Å². The molecular weight excluding hydrogens is 390 g/mol. The maximum atomic E-state index is 9.93. The molecular formula is C23H27N7O. The van der Waals surface area contributed by atoms with Crippen molar-refractivity contribution in [3.8, 4) is 17.3 Å². The molecule has 4 rings (SSSR count). The Balaban J connectivity index is 1.70.